The van der Waals surface area contributed by atoms with Crippen molar-refractivity contribution in [3.05, 3.63) is 41.1 Å². The molecule has 1 fully saturated rings. The number of benzene rings is 1. The quantitative estimate of drug-likeness (QED) is 0.593. The zero-order valence-electron chi connectivity index (χ0n) is 18.3. The standard InChI is InChI=1S/C23H30N2O4S/c1-14(2)12-28-18-8-6-17(7-9-18)21-20(22(27)29-13-15(3)4)16(5)24-23-25(21)19(26)10-11-30-23/h6-9,14-15,21H,10-13H2,1-5H3. The largest absolute Gasteiger partial charge is 0.493 e. The summed E-state index contributed by atoms with van der Waals surface area (Å²) in [5.74, 6) is 1.67. The maximum atomic E-state index is 13.0. The number of nitrogens with zero attached hydrogens (tertiary/aromatic N) is 2. The molecular formula is C23H30N2O4S. The van der Waals surface area contributed by atoms with E-state index in [-0.39, 0.29) is 11.8 Å². The van der Waals surface area contributed by atoms with Gasteiger partial charge in [-0.3, -0.25) is 9.69 Å². The Morgan fingerprint density at radius 2 is 1.83 bits per heavy atom. The summed E-state index contributed by atoms with van der Waals surface area (Å²) in [5, 5.41) is 0.647. The molecule has 1 aromatic rings. The Bertz CT molecular complexity index is 858. The second-order valence-electron chi connectivity index (χ2n) is 8.42. The molecule has 6 nitrogen and oxygen atoms in total. The number of ether oxygens (including phenoxy) is 2. The smallest absolute Gasteiger partial charge is 0.338 e. The number of rotatable bonds is 7. The number of thioether (sulfide) groups is 1. The second kappa shape index (κ2) is 9.69. The molecule has 0 aliphatic carbocycles. The van der Waals surface area contributed by atoms with E-state index in [1.165, 1.54) is 0 Å². The summed E-state index contributed by atoms with van der Waals surface area (Å²) in [5.41, 5.74) is 1.86. The van der Waals surface area contributed by atoms with Crippen LogP contribution in [0.25, 0.3) is 0 Å². The zero-order chi connectivity index (χ0) is 21.8. The van der Waals surface area contributed by atoms with Crippen molar-refractivity contribution in [2.24, 2.45) is 16.8 Å². The van der Waals surface area contributed by atoms with E-state index in [0.29, 0.717) is 47.7 Å². The fourth-order valence-electron chi connectivity index (χ4n) is 3.30. The number of amides is 1. The van der Waals surface area contributed by atoms with E-state index in [1.807, 2.05) is 45.0 Å². The van der Waals surface area contributed by atoms with Crippen LogP contribution in [0.1, 0.15) is 52.6 Å². The van der Waals surface area contributed by atoms with Gasteiger partial charge in [0.25, 0.3) is 0 Å². The minimum atomic E-state index is -0.545. The Labute approximate surface area is 182 Å². The lowest BCUT2D eigenvalue weighted by atomic mass is 9.94. The monoisotopic (exact) mass is 430 g/mol. The molecule has 1 amide bonds. The van der Waals surface area contributed by atoms with Crippen LogP contribution in [0.4, 0.5) is 0 Å². The molecule has 1 atom stereocenters. The number of carbonyl (C=O) groups excluding carboxylic acids is 2. The maximum absolute atomic E-state index is 13.0. The highest BCUT2D eigenvalue weighted by atomic mass is 32.2. The van der Waals surface area contributed by atoms with E-state index >= 15 is 0 Å². The Morgan fingerprint density at radius 3 is 2.47 bits per heavy atom. The lowest BCUT2D eigenvalue weighted by Gasteiger charge is -2.39. The summed E-state index contributed by atoms with van der Waals surface area (Å²) in [6.45, 7) is 10.9. The highest BCUT2D eigenvalue weighted by Crippen LogP contribution is 2.40. The van der Waals surface area contributed by atoms with Crippen molar-refractivity contribution in [2.75, 3.05) is 19.0 Å². The van der Waals surface area contributed by atoms with Crippen LogP contribution < -0.4 is 4.74 Å². The molecule has 1 unspecified atom stereocenters. The van der Waals surface area contributed by atoms with Crippen molar-refractivity contribution in [1.29, 1.82) is 0 Å². The predicted molar refractivity (Wildman–Crippen MR) is 119 cm³/mol. The van der Waals surface area contributed by atoms with Crippen LogP contribution in [0.15, 0.2) is 40.5 Å². The zero-order valence-corrected chi connectivity index (χ0v) is 19.1. The molecule has 0 saturated carbocycles. The molecule has 0 aromatic heterocycles. The third-order valence-electron chi connectivity index (χ3n) is 4.75. The number of amidine groups is 1. The van der Waals surface area contributed by atoms with Crippen molar-refractivity contribution < 1.29 is 19.1 Å². The van der Waals surface area contributed by atoms with E-state index in [2.05, 4.69) is 18.8 Å². The molecule has 0 spiro atoms. The number of fused-ring (bicyclic) bond motifs is 1. The number of allylic oxidation sites excluding steroid dienone is 1. The van der Waals surface area contributed by atoms with Gasteiger partial charge in [-0.25, -0.2) is 9.79 Å². The van der Waals surface area contributed by atoms with Gasteiger partial charge >= 0.3 is 5.97 Å². The average Bonchev–Trinajstić information content (AvgIpc) is 2.70. The van der Waals surface area contributed by atoms with Crippen molar-refractivity contribution in [1.82, 2.24) is 4.90 Å². The van der Waals surface area contributed by atoms with Crippen LogP contribution in [0.2, 0.25) is 0 Å². The molecular weight excluding hydrogens is 400 g/mol. The molecule has 1 saturated heterocycles. The first-order valence-corrected chi connectivity index (χ1v) is 11.4. The van der Waals surface area contributed by atoms with Crippen molar-refractivity contribution in [3.8, 4) is 5.75 Å². The molecule has 30 heavy (non-hydrogen) atoms. The normalized spacial score (nSPS) is 19.2. The Kier molecular flexibility index (Phi) is 7.23. The van der Waals surface area contributed by atoms with E-state index in [1.54, 1.807) is 16.7 Å². The third-order valence-corrected chi connectivity index (χ3v) is 5.71. The van der Waals surface area contributed by atoms with Gasteiger partial charge in [-0.2, -0.15) is 0 Å². The lowest BCUT2D eigenvalue weighted by Crippen LogP contribution is -2.45. The molecule has 2 heterocycles. The summed E-state index contributed by atoms with van der Waals surface area (Å²) in [7, 11) is 0. The fourth-order valence-corrected chi connectivity index (χ4v) is 4.31. The minimum absolute atomic E-state index is 0.0284. The van der Waals surface area contributed by atoms with Crippen molar-refractivity contribution in [2.45, 2.75) is 47.1 Å². The van der Waals surface area contributed by atoms with Gasteiger partial charge in [0.1, 0.15) is 5.75 Å². The molecule has 2 aliphatic rings. The lowest BCUT2D eigenvalue weighted by molar-refractivity contribution is -0.141. The predicted octanol–water partition coefficient (Wildman–Crippen LogP) is 4.57. The van der Waals surface area contributed by atoms with Crippen LogP contribution in [0.5, 0.6) is 5.75 Å². The number of carbonyl (C=O) groups is 2. The first-order valence-electron chi connectivity index (χ1n) is 10.4. The molecule has 0 radical (unpaired) electrons. The molecule has 0 bridgehead atoms. The number of hydrogen-bond donors (Lipinski definition) is 0. The number of hydrogen-bond acceptors (Lipinski definition) is 6. The van der Waals surface area contributed by atoms with Crippen LogP contribution in [-0.4, -0.2) is 40.9 Å². The highest BCUT2D eigenvalue weighted by molar-refractivity contribution is 8.14. The second-order valence-corrected chi connectivity index (χ2v) is 9.49. The molecule has 2 aliphatic heterocycles. The van der Waals surface area contributed by atoms with Gasteiger partial charge in [0.2, 0.25) is 5.91 Å². The van der Waals surface area contributed by atoms with Crippen LogP contribution >= 0.6 is 11.8 Å². The molecule has 3 rings (SSSR count). The Hall–Kier alpha value is -2.28. The van der Waals surface area contributed by atoms with E-state index in [0.717, 1.165) is 11.3 Å². The first-order chi connectivity index (χ1) is 14.3. The Balaban J connectivity index is 1.97. The molecule has 0 N–H and O–H groups in total. The number of esters is 1. The van der Waals surface area contributed by atoms with Gasteiger partial charge in [-0.05, 0) is 36.5 Å². The fraction of sp³-hybridized carbons (Fsp3) is 0.522. The SMILES string of the molecule is CC1=C(C(=O)OCC(C)C)C(c2ccc(OCC(C)C)cc2)N2C(=O)CCSC2=N1. The minimum Gasteiger partial charge on any atom is -0.493 e. The summed E-state index contributed by atoms with van der Waals surface area (Å²) in [4.78, 5) is 32.0. The molecule has 7 heteroatoms. The average molecular weight is 431 g/mol. The van der Waals surface area contributed by atoms with E-state index < -0.39 is 12.0 Å². The summed E-state index contributed by atoms with van der Waals surface area (Å²) in [6.07, 6.45) is 0.420. The van der Waals surface area contributed by atoms with Crippen LogP contribution in [-0.2, 0) is 14.3 Å². The van der Waals surface area contributed by atoms with E-state index in [4.69, 9.17) is 9.47 Å². The highest BCUT2D eigenvalue weighted by Gasteiger charge is 2.41. The van der Waals surface area contributed by atoms with Gasteiger partial charge in [0.15, 0.2) is 5.17 Å². The van der Waals surface area contributed by atoms with E-state index in [9.17, 15) is 9.59 Å². The van der Waals surface area contributed by atoms with Crippen molar-refractivity contribution >= 4 is 28.8 Å². The molecule has 1 aromatic carbocycles. The number of aliphatic imine (C=N–C) groups is 1. The van der Waals surface area contributed by atoms with Gasteiger partial charge in [0, 0.05) is 12.2 Å². The van der Waals surface area contributed by atoms with Gasteiger partial charge in [-0.1, -0.05) is 51.6 Å². The summed E-state index contributed by atoms with van der Waals surface area (Å²) in [6, 6.07) is 7.06. The Morgan fingerprint density at radius 1 is 1.17 bits per heavy atom. The van der Waals surface area contributed by atoms with Crippen LogP contribution in [0.3, 0.4) is 0 Å². The van der Waals surface area contributed by atoms with Gasteiger partial charge in [-0.15, -0.1) is 0 Å². The van der Waals surface area contributed by atoms with Crippen molar-refractivity contribution in [3.63, 3.8) is 0 Å². The van der Waals surface area contributed by atoms with Gasteiger partial charge < -0.3 is 9.47 Å². The maximum Gasteiger partial charge on any atom is 0.338 e. The first kappa shape index (κ1) is 22.4. The summed E-state index contributed by atoms with van der Waals surface area (Å²) >= 11 is 1.54. The van der Waals surface area contributed by atoms with Gasteiger partial charge in [0.05, 0.1) is 30.5 Å². The molecule has 162 valence electrons. The topological polar surface area (TPSA) is 68.2 Å². The summed E-state index contributed by atoms with van der Waals surface area (Å²) < 4.78 is 11.3. The third kappa shape index (κ3) is 5.06. The van der Waals surface area contributed by atoms with Crippen LogP contribution in [0, 0.1) is 11.8 Å².